The molecule has 154 valence electrons. The minimum Gasteiger partial charge on any atom is -0.451 e. The maximum Gasteiger partial charge on any atom is 0.333 e. The molecule has 0 bridgehead atoms. The van der Waals surface area contributed by atoms with Gasteiger partial charge in [-0.05, 0) is 48.4 Å². The Morgan fingerprint density at radius 1 is 1.34 bits per heavy atom. The number of sulfonamides is 1. The van der Waals surface area contributed by atoms with Gasteiger partial charge in [-0.1, -0.05) is 20.8 Å². The molecule has 1 heterocycles. The van der Waals surface area contributed by atoms with E-state index in [9.17, 15) is 23.6 Å². The topological polar surface area (TPSA) is 132 Å². The van der Waals surface area contributed by atoms with Crippen molar-refractivity contribution >= 4 is 21.7 Å². The molecule has 1 aliphatic rings. The molecule has 0 radical (unpaired) electrons. The van der Waals surface area contributed by atoms with Crippen molar-refractivity contribution in [3.63, 3.8) is 0 Å². The highest BCUT2D eigenvalue weighted by Crippen LogP contribution is 2.46. The van der Waals surface area contributed by atoms with Crippen molar-refractivity contribution in [3.8, 4) is 6.07 Å². The largest absolute Gasteiger partial charge is 0.451 e. The van der Waals surface area contributed by atoms with Crippen molar-refractivity contribution in [2.75, 3.05) is 5.32 Å². The van der Waals surface area contributed by atoms with E-state index in [1.165, 1.54) is 12.3 Å². The van der Waals surface area contributed by atoms with E-state index < -0.39 is 26.7 Å². The molecule has 29 heavy (non-hydrogen) atoms. The molecule has 1 saturated carbocycles. The first-order chi connectivity index (χ1) is 13.6. The number of carbonyl (C=O) groups excluding carboxylic acids is 1. The Bertz CT molecular complexity index is 1090. The highest BCUT2D eigenvalue weighted by atomic mass is 32.2. The molecule has 1 aromatic carbocycles. The van der Waals surface area contributed by atoms with Crippen molar-refractivity contribution in [2.24, 2.45) is 0 Å². The van der Waals surface area contributed by atoms with E-state index in [0.29, 0.717) is 36.1 Å². The fraction of sp³-hybridized carbons (Fsp3) is 0.400. The minimum absolute atomic E-state index is 0.00687. The Morgan fingerprint density at radius 3 is 2.59 bits per heavy atom. The van der Waals surface area contributed by atoms with Crippen LogP contribution in [0.3, 0.4) is 0 Å². The molecule has 1 aromatic heterocycles. The lowest BCUT2D eigenvalue weighted by Crippen LogP contribution is -2.34. The van der Waals surface area contributed by atoms with E-state index in [2.05, 4.69) is 11.4 Å². The van der Waals surface area contributed by atoms with Gasteiger partial charge in [0.2, 0.25) is 5.09 Å². The monoisotopic (exact) mass is 417 g/mol. The maximum atomic E-state index is 12.5. The van der Waals surface area contributed by atoms with Crippen LogP contribution < -0.4 is 10.0 Å². The third-order valence-electron chi connectivity index (χ3n) is 4.95. The standard InChI is InChI=1S/C20H23N3O5S/c1-4-14-7-13(10-21)8-16(12(2)3)18(14)22-19(24)23-29(26,27)17-9-15(11-28-17)20(25)5-6-20/h7-9,11-12,25H,4-6H2,1-3H3,(H2,22,23,24). The number of benzene rings is 1. The Kier molecular flexibility index (Phi) is 5.43. The molecule has 1 fully saturated rings. The van der Waals surface area contributed by atoms with Gasteiger partial charge in [-0.15, -0.1) is 0 Å². The normalized spacial score (nSPS) is 15.0. The summed E-state index contributed by atoms with van der Waals surface area (Å²) in [4.78, 5) is 12.5. The summed E-state index contributed by atoms with van der Waals surface area (Å²) in [5.74, 6) is 0.00687. The van der Waals surface area contributed by atoms with E-state index in [-0.39, 0.29) is 5.92 Å². The molecule has 0 atom stereocenters. The number of nitrogens with one attached hydrogen (secondary N) is 2. The van der Waals surface area contributed by atoms with Gasteiger partial charge in [0.15, 0.2) is 0 Å². The molecule has 0 spiro atoms. The van der Waals surface area contributed by atoms with E-state index in [0.717, 1.165) is 11.1 Å². The Hall–Kier alpha value is -2.83. The predicted octanol–water partition coefficient (Wildman–Crippen LogP) is 3.33. The summed E-state index contributed by atoms with van der Waals surface area (Å²) < 4.78 is 31.9. The molecule has 3 N–H and O–H groups in total. The van der Waals surface area contributed by atoms with Crippen LogP contribution in [0.25, 0.3) is 0 Å². The zero-order valence-electron chi connectivity index (χ0n) is 16.4. The van der Waals surface area contributed by atoms with Gasteiger partial charge in [-0.25, -0.2) is 9.52 Å². The highest BCUT2D eigenvalue weighted by molar-refractivity contribution is 7.89. The van der Waals surface area contributed by atoms with E-state index in [1.807, 2.05) is 25.5 Å². The number of nitriles is 1. The Labute approximate surface area is 169 Å². The average Bonchev–Trinajstić information content (AvgIpc) is 3.19. The molecule has 2 amide bonds. The van der Waals surface area contributed by atoms with Gasteiger partial charge in [0.25, 0.3) is 10.0 Å². The van der Waals surface area contributed by atoms with Gasteiger partial charge >= 0.3 is 6.03 Å². The van der Waals surface area contributed by atoms with Crippen LogP contribution in [0.4, 0.5) is 10.5 Å². The van der Waals surface area contributed by atoms with Crippen LogP contribution in [-0.2, 0) is 22.0 Å². The van der Waals surface area contributed by atoms with Crippen molar-refractivity contribution in [3.05, 3.63) is 46.7 Å². The minimum atomic E-state index is -4.25. The summed E-state index contributed by atoms with van der Waals surface area (Å²) in [6.07, 6.45) is 2.82. The molecule has 2 aromatic rings. The van der Waals surface area contributed by atoms with E-state index in [1.54, 1.807) is 12.1 Å². The van der Waals surface area contributed by atoms with Gasteiger partial charge in [0, 0.05) is 17.3 Å². The summed E-state index contributed by atoms with van der Waals surface area (Å²) >= 11 is 0. The number of nitrogens with zero attached hydrogens (tertiary/aromatic N) is 1. The molecule has 9 heteroatoms. The molecule has 0 aliphatic heterocycles. The summed E-state index contributed by atoms with van der Waals surface area (Å²) in [5.41, 5.74) is 1.78. The number of carbonyl (C=O) groups is 1. The van der Waals surface area contributed by atoms with Gasteiger partial charge in [0.1, 0.15) is 0 Å². The smallest absolute Gasteiger partial charge is 0.333 e. The number of aryl methyl sites for hydroxylation is 1. The molecule has 0 unspecified atom stereocenters. The highest BCUT2D eigenvalue weighted by Gasteiger charge is 2.44. The second kappa shape index (κ2) is 7.54. The van der Waals surface area contributed by atoms with Gasteiger partial charge in [0.05, 0.1) is 23.5 Å². The number of rotatable bonds is 6. The first-order valence-electron chi connectivity index (χ1n) is 9.31. The number of urea groups is 1. The van der Waals surface area contributed by atoms with Crippen molar-refractivity contribution in [2.45, 2.75) is 56.6 Å². The summed E-state index contributed by atoms with van der Waals surface area (Å²) in [7, 11) is -4.25. The van der Waals surface area contributed by atoms with Crippen LogP contribution in [0.5, 0.6) is 0 Å². The fourth-order valence-corrected chi connectivity index (χ4v) is 3.95. The fourth-order valence-electron chi connectivity index (χ4n) is 3.10. The van der Waals surface area contributed by atoms with Crippen LogP contribution in [0, 0.1) is 11.3 Å². The van der Waals surface area contributed by atoms with Gasteiger partial charge < -0.3 is 14.8 Å². The molecule has 1 aliphatic carbocycles. The van der Waals surface area contributed by atoms with Crippen molar-refractivity contribution < 1.29 is 22.7 Å². The number of aliphatic hydroxyl groups is 1. The quantitative estimate of drug-likeness (QED) is 0.660. The number of amides is 2. The number of hydrogen-bond donors (Lipinski definition) is 3. The molecule has 0 saturated heterocycles. The lowest BCUT2D eigenvalue weighted by Gasteiger charge is -2.18. The third kappa shape index (κ3) is 4.28. The number of anilines is 1. The third-order valence-corrected chi connectivity index (χ3v) is 6.15. The summed E-state index contributed by atoms with van der Waals surface area (Å²) in [6.45, 7) is 5.72. The van der Waals surface area contributed by atoms with Crippen LogP contribution in [0.15, 0.2) is 34.0 Å². The molecule has 3 rings (SSSR count). The van der Waals surface area contributed by atoms with Crippen LogP contribution >= 0.6 is 0 Å². The summed E-state index contributed by atoms with van der Waals surface area (Å²) in [5, 5.41) is 21.4. The van der Waals surface area contributed by atoms with E-state index >= 15 is 0 Å². The number of furan rings is 1. The first kappa shape index (κ1) is 20.9. The van der Waals surface area contributed by atoms with Crippen LogP contribution in [0.1, 0.15) is 61.8 Å². The molecule has 8 nitrogen and oxygen atoms in total. The van der Waals surface area contributed by atoms with E-state index in [4.69, 9.17) is 4.42 Å². The maximum absolute atomic E-state index is 12.5. The Balaban J connectivity index is 1.83. The van der Waals surface area contributed by atoms with Crippen molar-refractivity contribution in [1.29, 1.82) is 5.26 Å². The van der Waals surface area contributed by atoms with Gasteiger partial charge in [-0.3, -0.25) is 0 Å². The molecular weight excluding hydrogens is 394 g/mol. The molecular formula is C20H23N3O5S. The van der Waals surface area contributed by atoms with Crippen LogP contribution in [-0.4, -0.2) is 19.6 Å². The zero-order chi connectivity index (χ0) is 21.4. The second-order valence-corrected chi connectivity index (χ2v) is 9.08. The lowest BCUT2D eigenvalue weighted by atomic mass is 9.94. The lowest BCUT2D eigenvalue weighted by molar-refractivity contribution is 0.150. The Morgan fingerprint density at radius 2 is 2.03 bits per heavy atom. The van der Waals surface area contributed by atoms with Gasteiger partial charge in [-0.2, -0.15) is 13.7 Å². The van der Waals surface area contributed by atoms with Crippen molar-refractivity contribution in [1.82, 2.24) is 4.72 Å². The predicted molar refractivity (Wildman–Crippen MR) is 106 cm³/mol. The second-order valence-electron chi connectivity index (χ2n) is 7.47. The average molecular weight is 417 g/mol. The zero-order valence-corrected chi connectivity index (χ0v) is 17.3. The number of hydrogen-bond acceptors (Lipinski definition) is 6. The van der Waals surface area contributed by atoms with Crippen LogP contribution in [0.2, 0.25) is 0 Å². The summed E-state index contributed by atoms with van der Waals surface area (Å²) in [6, 6.07) is 5.74. The SMILES string of the molecule is CCc1cc(C#N)cc(C(C)C)c1NC(=O)NS(=O)(=O)c1cc(C2(O)CC2)co1. The first-order valence-corrected chi connectivity index (χ1v) is 10.8.